The molecule has 0 fully saturated rings. The van der Waals surface area contributed by atoms with Crippen molar-refractivity contribution < 1.29 is 0 Å². The van der Waals surface area contributed by atoms with Gasteiger partial charge in [0.1, 0.15) is 10.7 Å². The van der Waals surface area contributed by atoms with E-state index in [1.165, 1.54) is 11.3 Å². The van der Waals surface area contributed by atoms with Crippen molar-refractivity contribution in [3.63, 3.8) is 0 Å². The van der Waals surface area contributed by atoms with Gasteiger partial charge in [-0.05, 0) is 17.7 Å². The molecule has 0 radical (unpaired) electrons. The summed E-state index contributed by atoms with van der Waals surface area (Å²) in [6.45, 7) is 0. The first-order valence-electron chi connectivity index (χ1n) is 6.01. The maximum absolute atomic E-state index is 12.3. The molecule has 1 aromatic carbocycles. The third-order valence-corrected chi connectivity index (χ3v) is 4.78. The maximum Gasteiger partial charge on any atom is 0.260 e. The lowest BCUT2D eigenvalue weighted by atomic mass is 10.1. The van der Waals surface area contributed by atoms with E-state index in [2.05, 4.69) is 41.8 Å². The monoisotopic (exact) mass is 412 g/mol. The number of halogens is 2. The molecular weight excluding hydrogens is 404 g/mol. The van der Waals surface area contributed by atoms with E-state index in [4.69, 9.17) is 0 Å². The van der Waals surface area contributed by atoms with E-state index in [1.807, 2.05) is 29.6 Å². The fourth-order valence-electron chi connectivity index (χ4n) is 2.04. The largest absolute Gasteiger partial charge is 0.310 e. The standard InChI is InChI=1S/C14H10Br2N2OS/c15-6-5-11-17-13(19)12-10(7-20-14(12)18-11)8-1-3-9(16)4-2-8/h1-4,7H,5-6H2,(H,17,18,19). The number of aryl methyl sites for hydroxylation is 1. The van der Waals surface area contributed by atoms with Crippen LogP contribution in [-0.2, 0) is 6.42 Å². The first kappa shape index (κ1) is 14.0. The van der Waals surface area contributed by atoms with Crippen molar-refractivity contribution in [1.29, 1.82) is 0 Å². The highest BCUT2D eigenvalue weighted by Crippen LogP contribution is 2.31. The van der Waals surface area contributed by atoms with Crippen LogP contribution in [-0.4, -0.2) is 15.3 Å². The quantitative estimate of drug-likeness (QED) is 0.648. The Bertz CT molecular complexity index is 808. The van der Waals surface area contributed by atoms with Gasteiger partial charge in [-0.1, -0.05) is 44.0 Å². The number of thiophene rings is 1. The van der Waals surface area contributed by atoms with E-state index in [1.54, 1.807) is 0 Å². The van der Waals surface area contributed by atoms with Crippen LogP contribution in [0.15, 0.2) is 38.9 Å². The molecule has 0 aliphatic carbocycles. The number of hydrogen-bond donors (Lipinski definition) is 1. The Morgan fingerprint density at radius 1 is 1.25 bits per heavy atom. The predicted molar refractivity (Wildman–Crippen MR) is 90.9 cm³/mol. The van der Waals surface area contributed by atoms with E-state index in [-0.39, 0.29) is 5.56 Å². The number of benzene rings is 1. The Morgan fingerprint density at radius 2 is 2.00 bits per heavy atom. The molecule has 0 aliphatic heterocycles. The van der Waals surface area contributed by atoms with E-state index in [0.29, 0.717) is 5.39 Å². The average Bonchev–Trinajstić information content (AvgIpc) is 2.84. The van der Waals surface area contributed by atoms with Crippen molar-refractivity contribution in [2.75, 3.05) is 5.33 Å². The molecule has 2 aromatic heterocycles. The first-order chi connectivity index (χ1) is 9.69. The molecule has 3 nitrogen and oxygen atoms in total. The summed E-state index contributed by atoms with van der Waals surface area (Å²) in [5.41, 5.74) is 1.90. The van der Waals surface area contributed by atoms with Gasteiger partial charge in [0.15, 0.2) is 0 Å². The second kappa shape index (κ2) is 5.79. The smallest absolute Gasteiger partial charge is 0.260 e. The Balaban J connectivity index is 2.18. The summed E-state index contributed by atoms with van der Waals surface area (Å²) < 4.78 is 1.02. The molecule has 2 heterocycles. The molecule has 102 valence electrons. The number of alkyl halides is 1. The van der Waals surface area contributed by atoms with Crippen LogP contribution in [0.1, 0.15) is 5.82 Å². The third kappa shape index (κ3) is 2.60. The molecule has 3 rings (SSSR count). The van der Waals surface area contributed by atoms with Crippen molar-refractivity contribution in [2.45, 2.75) is 6.42 Å². The molecule has 0 atom stereocenters. The van der Waals surface area contributed by atoms with Gasteiger partial charge in [-0.2, -0.15) is 0 Å². The Labute approximate surface area is 136 Å². The van der Waals surface area contributed by atoms with Crippen LogP contribution in [0.2, 0.25) is 0 Å². The second-order valence-electron chi connectivity index (χ2n) is 4.29. The van der Waals surface area contributed by atoms with E-state index in [0.717, 1.165) is 38.0 Å². The van der Waals surface area contributed by atoms with Crippen molar-refractivity contribution in [1.82, 2.24) is 9.97 Å². The number of aromatic nitrogens is 2. The van der Waals surface area contributed by atoms with Gasteiger partial charge in [0, 0.05) is 27.2 Å². The molecule has 0 saturated heterocycles. The summed E-state index contributed by atoms with van der Waals surface area (Å²) in [6.07, 6.45) is 0.719. The fraction of sp³-hybridized carbons (Fsp3) is 0.143. The van der Waals surface area contributed by atoms with Crippen LogP contribution in [0.5, 0.6) is 0 Å². The van der Waals surface area contributed by atoms with Gasteiger partial charge in [0.25, 0.3) is 5.56 Å². The van der Waals surface area contributed by atoms with Crippen molar-refractivity contribution in [2.24, 2.45) is 0 Å². The van der Waals surface area contributed by atoms with Gasteiger partial charge in [-0.25, -0.2) is 4.98 Å². The molecule has 6 heteroatoms. The number of H-pyrrole nitrogens is 1. The van der Waals surface area contributed by atoms with Gasteiger partial charge in [-0.15, -0.1) is 11.3 Å². The number of hydrogen-bond acceptors (Lipinski definition) is 3. The van der Waals surface area contributed by atoms with Crippen LogP contribution in [0.25, 0.3) is 21.3 Å². The van der Waals surface area contributed by atoms with E-state index < -0.39 is 0 Å². The highest BCUT2D eigenvalue weighted by Gasteiger charge is 2.12. The summed E-state index contributed by atoms with van der Waals surface area (Å²) in [4.78, 5) is 20.5. The fourth-order valence-corrected chi connectivity index (χ4v) is 3.65. The molecule has 0 amide bonds. The van der Waals surface area contributed by atoms with Gasteiger partial charge in [0.05, 0.1) is 5.39 Å². The Kier molecular flexibility index (Phi) is 4.05. The zero-order valence-corrected chi connectivity index (χ0v) is 14.3. The van der Waals surface area contributed by atoms with Gasteiger partial charge in [0.2, 0.25) is 0 Å². The lowest BCUT2D eigenvalue weighted by Gasteiger charge is -2.01. The zero-order chi connectivity index (χ0) is 14.1. The van der Waals surface area contributed by atoms with E-state index in [9.17, 15) is 4.79 Å². The van der Waals surface area contributed by atoms with Crippen molar-refractivity contribution in [3.8, 4) is 11.1 Å². The Morgan fingerprint density at radius 3 is 2.70 bits per heavy atom. The van der Waals surface area contributed by atoms with Crippen LogP contribution < -0.4 is 5.56 Å². The summed E-state index contributed by atoms with van der Waals surface area (Å²) in [7, 11) is 0. The van der Waals surface area contributed by atoms with Gasteiger partial charge >= 0.3 is 0 Å². The highest BCUT2D eigenvalue weighted by molar-refractivity contribution is 9.10. The van der Waals surface area contributed by atoms with Crippen LogP contribution in [0, 0.1) is 0 Å². The molecular formula is C14H10Br2N2OS. The summed E-state index contributed by atoms with van der Waals surface area (Å²) in [5.74, 6) is 0.726. The van der Waals surface area contributed by atoms with Crippen LogP contribution in [0.4, 0.5) is 0 Å². The maximum atomic E-state index is 12.3. The minimum absolute atomic E-state index is 0.0647. The minimum atomic E-state index is -0.0647. The summed E-state index contributed by atoms with van der Waals surface area (Å²) >= 11 is 8.29. The molecule has 20 heavy (non-hydrogen) atoms. The average molecular weight is 414 g/mol. The minimum Gasteiger partial charge on any atom is -0.310 e. The SMILES string of the molecule is O=c1[nH]c(CCBr)nc2scc(-c3ccc(Br)cc3)c12. The molecule has 1 N–H and O–H groups in total. The lowest BCUT2D eigenvalue weighted by Crippen LogP contribution is -2.11. The van der Waals surface area contributed by atoms with Crippen LogP contribution in [0.3, 0.4) is 0 Å². The van der Waals surface area contributed by atoms with Crippen LogP contribution >= 0.6 is 43.2 Å². The Hall–Kier alpha value is -0.980. The first-order valence-corrected chi connectivity index (χ1v) is 8.81. The van der Waals surface area contributed by atoms with Gasteiger partial charge < -0.3 is 4.98 Å². The lowest BCUT2D eigenvalue weighted by molar-refractivity contribution is 0.960. The number of nitrogens with one attached hydrogen (secondary N) is 1. The molecule has 0 aliphatic rings. The van der Waals surface area contributed by atoms with Gasteiger partial charge in [-0.3, -0.25) is 4.79 Å². The molecule has 3 aromatic rings. The molecule has 0 saturated carbocycles. The second-order valence-corrected chi connectivity index (χ2v) is 6.85. The van der Waals surface area contributed by atoms with Crippen molar-refractivity contribution in [3.05, 3.63) is 50.3 Å². The normalized spacial score (nSPS) is 11.1. The number of aromatic amines is 1. The third-order valence-electron chi connectivity index (χ3n) is 2.98. The number of rotatable bonds is 3. The number of fused-ring (bicyclic) bond motifs is 1. The predicted octanol–water partition coefficient (Wildman–Crippen LogP) is 4.35. The zero-order valence-electron chi connectivity index (χ0n) is 10.3. The van der Waals surface area contributed by atoms with Crippen molar-refractivity contribution >= 4 is 53.4 Å². The number of nitrogens with zero attached hydrogens (tertiary/aromatic N) is 1. The summed E-state index contributed by atoms with van der Waals surface area (Å²) in [5, 5.41) is 3.45. The molecule has 0 spiro atoms. The topological polar surface area (TPSA) is 45.8 Å². The molecule has 0 unspecified atom stereocenters. The van der Waals surface area contributed by atoms with E-state index >= 15 is 0 Å². The molecule has 0 bridgehead atoms. The summed E-state index contributed by atoms with van der Waals surface area (Å²) in [6, 6.07) is 7.94. The highest BCUT2D eigenvalue weighted by atomic mass is 79.9.